The Hall–Kier alpha value is -2.74. The van der Waals surface area contributed by atoms with E-state index in [1.54, 1.807) is 18.2 Å². The van der Waals surface area contributed by atoms with E-state index in [0.29, 0.717) is 48.6 Å². The molecule has 0 radical (unpaired) electrons. The van der Waals surface area contributed by atoms with Gasteiger partial charge in [0, 0.05) is 12.1 Å². The summed E-state index contributed by atoms with van der Waals surface area (Å²) in [5, 5.41) is 9.49. The highest BCUT2D eigenvalue weighted by atomic mass is 19.4. The van der Waals surface area contributed by atoms with Gasteiger partial charge >= 0.3 is 12.1 Å². The Balaban J connectivity index is 2.09. The Morgan fingerprint density at radius 1 is 1.13 bits per heavy atom. The molecule has 1 aliphatic rings. The molecule has 162 valence electrons. The van der Waals surface area contributed by atoms with Crippen molar-refractivity contribution < 1.29 is 32.5 Å². The number of carboxylic acid groups (broad SMARTS) is 1. The van der Waals surface area contributed by atoms with Gasteiger partial charge in [0.25, 0.3) is 0 Å². The van der Waals surface area contributed by atoms with Crippen LogP contribution in [0, 0.1) is 5.92 Å². The standard InChI is InChI=1S/C22H24F3NO4/c1-29-17-9-10-19(30-2)18(12-17)20(26-11-3-4-15(13-26)21(27)28)14-5-7-16(8-6-14)22(23,24)25/h5-10,12,15,20H,3-4,11,13H2,1-2H3,(H,27,28). The Morgan fingerprint density at radius 2 is 1.83 bits per heavy atom. The van der Waals surface area contributed by atoms with Gasteiger partial charge in [-0.05, 0) is 55.3 Å². The summed E-state index contributed by atoms with van der Waals surface area (Å²) in [4.78, 5) is 13.6. The Morgan fingerprint density at radius 3 is 2.40 bits per heavy atom. The van der Waals surface area contributed by atoms with Crippen LogP contribution in [0.1, 0.15) is 35.6 Å². The number of hydrogen-bond acceptors (Lipinski definition) is 4. The number of nitrogens with zero attached hydrogens (tertiary/aromatic N) is 1. The van der Waals surface area contributed by atoms with Crippen molar-refractivity contribution >= 4 is 5.97 Å². The smallest absolute Gasteiger partial charge is 0.416 e. The van der Waals surface area contributed by atoms with E-state index in [9.17, 15) is 23.1 Å². The maximum absolute atomic E-state index is 13.0. The zero-order valence-electron chi connectivity index (χ0n) is 16.8. The number of carbonyl (C=O) groups is 1. The first kappa shape index (κ1) is 22.0. The first-order chi connectivity index (χ1) is 14.2. The van der Waals surface area contributed by atoms with Gasteiger partial charge in [-0.15, -0.1) is 0 Å². The highest BCUT2D eigenvalue weighted by Crippen LogP contribution is 2.40. The SMILES string of the molecule is COc1ccc(OC)c(C(c2ccc(C(F)(F)F)cc2)N2CCCC(C(=O)O)C2)c1. The van der Waals surface area contributed by atoms with Crippen LogP contribution in [0.15, 0.2) is 42.5 Å². The average Bonchev–Trinajstić information content (AvgIpc) is 2.74. The molecule has 1 saturated heterocycles. The fourth-order valence-corrected chi connectivity index (χ4v) is 3.94. The minimum absolute atomic E-state index is 0.293. The van der Waals surface area contributed by atoms with Crippen molar-refractivity contribution in [3.8, 4) is 11.5 Å². The number of carboxylic acids is 1. The van der Waals surface area contributed by atoms with Gasteiger partial charge in [0.05, 0.1) is 31.7 Å². The number of rotatable bonds is 6. The van der Waals surface area contributed by atoms with E-state index in [1.807, 2.05) is 4.90 Å². The third-order valence-electron chi connectivity index (χ3n) is 5.45. The van der Waals surface area contributed by atoms with E-state index >= 15 is 0 Å². The minimum atomic E-state index is -4.43. The van der Waals surface area contributed by atoms with Crippen LogP contribution >= 0.6 is 0 Å². The van der Waals surface area contributed by atoms with Gasteiger partial charge in [0.2, 0.25) is 0 Å². The molecule has 1 fully saturated rings. The maximum atomic E-state index is 13.0. The number of benzene rings is 2. The molecule has 0 amide bonds. The molecule has 0 spiro atoms. The number of likely N-dealkylation sites (tertiary alicyclic amines) is 1. The van der Waals surface area contributed by atoms with Gasteiger partial charge in [-0.1, -0.05) is 12.1 Å². The Bertz CT molecular complexity index is 883. The molecular formula is C22H24F3NO4. The lowest BCUT2D eigenvalue weighted by atomic mass is 9.90. The van der Waals surface area contributed by atoms with E-state index < -0.39 is 29.7 Å². The zero-order valence-corrected chi connectivity index (χ0v) is 16.8. The number of methoxy groups -OCH3 is 2. The Kier molecular flexibility index (Phi) is 6.55. The van der Waals surface area contributed by atoms with E-state index in [1.165, 1.54) is 26.4 Å². The summed E-state index contributed by atoms with van der Waals surface area (Å²) in [6, 6.07) is 9.77. The third kappa shape index (κ3) is 4.70. The van der Waals surface area contributed by atoms with Gasteiger partial charge in [-0.3, -0.25) is 9.69 Å². The molecule has 2 unspecified atom stereocenters. The number of halogens is 3. The first-order valence-electron chi connectivity index (χ1n) is 9.60. The van der Waals surface area contributed by atoms with E-state index in [0.717, 1.165) is 12.1 Å². The van der Waals surface area contributed by atoms with Gasteiger partial charge in [-0.25, -0.2) is 0 Å². The van der Waals surface area contributed by atoms with E-state index in [4.69, 9.17) is 9.47 Å². The average molecular weight is 423 g/mol. The van der Waals surface area contributed by atoms with Crippen LogP contribution in [0.5, 0.6) is 11.5 Å². The molecule has 0 bridgehead atoms. The monoisotopic (exact) mass is 423 g/mol. The topological polar surface area (TPSA) is 59.0 Å². The second kappa shape index (κ2) is 8.95. The molecule has 1 heterocycles. The van der Waals surface area contributed by atoms with Crippen LogP contribution in [-0.4, -0.2) is 43.3 Å². The maximum Gasteiger partial charge on any atom is 0.416 e. The molecule has 1 aliphatic heterocycles. The number of hydrogen-bond donors (Lipinski definition) is 1. The van der Waals surface area contributed by atoms with Crippen molar-refractivity contribution in [1.82, 2.24) is 4.90 Å². The molecule has 30 heavy (non-hydrogen) atoms. The molecule has 2 atom stereocenters. The van der Waals surface area contributed by atoms with Crippen LogP contribution < -0.4 is 9.47 Å². The molecule has 0 aromatic heterocycles. The summed E-state index contributed by atoms with van der Waals surface area (Å²) in [5.41, 5.74) is 0.605. The van der Waals surface area contributed by atoms with Crippen LogP contribution in [0.3, 0.4) is 0 Å². The number of piperidine rings is 1. The summed E-state index contributed by atoms with van der Waals surface area (Å²) in [7, 11) is 3.05. The molecule has 3 rings (SSSR count). The molecular weight excluding hydrogens is 399 g/mol. The van der Waals surface area contributed by atoms with Crippen LogP contribution in [0.4, 0.5) is 13.2 Å². The quantitative estimate of drug-likeness (QED) is 0.736. The third-order valence-corrected chi connectivity index (χ3v) is 5.45. The van der Waals surface area contributed by atoms with E-state index in [-0.39, 0.29) is 0 Å². The lowest BCUT2D eigenvalue weighted by Crippen LogP contribution is -2.41. The molecule has 1 N–H and O–H groups in total. The minimum Gasteiger partial charge on any atom is -0.497 e. The molecule has 0 aliphatic carbocycles. The molecule has 8 heteroatoms. The van der Waals surface area contributed by atoms with Gasteiger partial charge in [0.1, 0.15) is 11.5 Å². The fourth-order valence-electron chi connectivity index (χ4n) is 3.94. The van der Waals surface area contributed by atoms with Crippen molar-refractivity contribution in [2.75, 3.05) is 27.3 Å². The van der Waals surface area contributed by atoms with Crippen molar-refractivity contribution in [1.29, 1.82) is 0 Å². The number of aliphatic carboxylic acids is 1. The van der Waals surface area contributed by atoms with Crippen LogP contribution in [0.2, 0.25) is 0 Å². The van der Waals surface area contributed by atoms with Crippen molar-refractivity contribution in [2.45, 2.75) is 25.1 Å². The van der Waals surface area contributed by atoms with Crippen LogP contribution in [0.25, 0.3) is 0 Å². The van der Waals surface area contributed by atoms with Crippen molar-refractivity contribution in [2.24, 2.45) is 5.92 Å². The summed E-state index contributed by atoms with van der Waals surface area (Å²) in [6.45, 7) is 0.914. The Labute approximate surface area is 173 Å². The highest BCUT2D eigenvalue weighted by Gasteiger charge is 2.34. The fraction of sp³-hybridized carbons (Fsp3) is 0.409. The lowest BCUT2D eigenvalue weighted by molar-refractivity contribution is -0.144. The zero-order chi connectivity index (χ0) is 21.9. The van der Waals surface area contributed by atoms with Crippen molar-refractivity contribution in [3.05, 3.63) is 59.2 Å². The van der Waals surface area contributed by atoms with Gasteiger partial charge in [0.15, 0.2) is 0 Å². The summed E-state index contributed by atoms with van der Waals surface area (Å²) < 4.78 is 50.0. The van der Waals surface area contributed by atoms with Gasteiger partial charge in [-0.2, -0.15) is 13.2 Å². The highest BCUT2D eigenvalue weighted by molar-refractivity contribution is 5.70. The predicted molar refractivity (Wildman–Crippen MR) is 105 cm³/mol. The molecule has 2 aromatic carbocycles. The second-order valence-electron chi connectivity index (χ2n) is 7.30. The summed E-state index contributed by atoms with van der Waals surface area (Å²) >= 11 is 0. The van der Waals surface area contributed by atoms with Crippen LogP contribution in [-0.2, 0) is 11.0 Å². The molecule has 5 nitrogen and oxygen atoms in total. The number of alkyl halides is 3. The molecule has 0 saturated carbocycles. The largest absolute Gasteiger partial charge is 0.497 e. The molecule has 2 aromatic rings. The summed E-state index contributed by atoms with van der Waals surface area (Å²) in [5.74, 6) is -0.275. The normalized spacial score (nSPS) is 18.6. The number of ether oxygens (including phenoxy) is 2. The lowest BCUT2D eigenvalue weighted by Gasteiger charge is -2.38. The predicted octanol–water partition coefficient (Wildman–Crippen LogP) is 4.61. The second-order valence-corrected chi connectivity index (χ2v) is 7.30. The summed E-state index contributed by atoms with van der Waals surface area (Å²) in [6.07, 6.45) is -3.18. The van der Waals surface area contributed by atoms with Crippen molar-refractivity contribution in [3.63, 3.8) is 0 Å². The first-order valence-corrected chi connectivity index (χ1v) is 9.60. The van der Waals surface area contributed by atoms with Gasteiger partial charge < -0.3 is 14.6 Å². The van der Waals surface area contributed by atoms with E-state index in [2.05, 4.69) is 0 Å².